The second kappa shape index (κ2) is 15.7. The van der Waals surface area contributed by atoms with Gasteiger partial charge in [0.2, 0.25) is 5.91 Å². The molecule has 204 valence electrons. The molecule has 1 amide bonds. The van der Waals surface area contributed by atoms with E-state index in [9.17, 15) is 9.59 Å². The van der Waals surface area contributed by atoms with Gasteiger partial charge >= 0.3 is 5.97 Å². The molecule has 1 aromatic carbocycles. The summed E-state index contributed by atoms with van der Waals surface area (Å²) in [5.41, 5.74) is 0.888. The Hall–Kier alpha value is -2.30. The number of allylic oxidation sites excluding steroid dienone is 1. The number of hydrogen-bond acceptors (Lipinski definition) is 4. The van der Waals surface area contributed by atoms with E-state index in [1.165, 1.54) is 52.1 Å². The minimum atomic E-state index is -0.773. The fraction of sp³-hybridized carbons (Fsp3) is 0.677. The van der Waals surface area contributed by atoms with Crippen molar-refractivity contribution in [2.75, 3.05) is 13.7 Å². The van der Waals surface area contributed by atoms with Gasteiger partial charge in [-0.2, -0.15) is 0 Å². The summed E-state index contributed by atoms with van der Waals surface area (Å²) in [6.07, 6.45) is 12.5. The van der Waals surface area contributed by atoms with Crippen LogP contribution in [-0.2, 0) is 20.7 Å². The Morgan fingerprint density at radius 3 is 1.97 bits per heavy atom. The van der Waals surface area contributed by atoms with Crippen molar-refractivity contribution in [3.8, 4) is 5.75 Å². The standard InChI is InChI=1S/C31H51NO4/c1-9-10-11-12-13-14-15-16-21-36-26-19-17-25(18-20-26)22-27(28(33)35-8)32-29(34)31(7,23-24(2)3)30(4,5)6/h17-20,23,27H,9-16,21-22H2,1-8H3,(H,32,34). The van der Waals surface area contributed by atoms with Gasteiger partial charge in [0.1, 0.15) is 11.8 Å². The van der Waals surface area contributed by atoms with E-state index in [1.807, 2.05) is 71.9 Å². The summed E-state index contributed by atoms with van der Waals surface area (Å²) in [6.45, 7) is 14.9. The molecule has 0 spiro atoms. The van der Waals surface area contributed by atoms with Crippen LogP contribution in [0.1, 0.15) is 105 Å². The maximum absolute atomic E-state index is 13.4. The Morgan fingerprint density at radius 2 is 1.47 bits per heavy atom. The molecule has 0 saturated heterocycles. The highest BCUT2D eigenvalue weighted by Gasteiger charge is 2.43. The molecule has 0 bridgehead atoms. The normalized spacial score (nSPS) is 13.9. The molecule has 0 saturated carbocycles. The molecule has 0 heterocycles. The highest BCUT2D eigenvalue weighted by atomic mass is 16.5. The predicted molar refractivity (Wildman–Crippen MR) is 149 cm³/mol. The molecule has 1 aromatic rings. The van der Waals surface area contributed by atoms with Crippen LogP contribution in [0.5, 0.6) is 5.75 Å². The molecule has 0 aliphatic heterocycles. The van der Waals surface area contributed by atoms with Crippen LogP contribution >= 0.6 is 0 Å². The molecule has 5 nitrogen and oxygen atoms in total. The Bertz CT molecular complexity index is 818. The summed E-state index contributed by atoms with van der Waals surface area (Å²) in [7, 11) is 1.35. The molecule has 0 aliphatic carbocycles. The third-order valence-corrected chi connectivity index (χ3v) is 7.03. The van der Waals surface area contributed by atoms with E-state index < -0.39 is 17.4 Å². The van der Waals surface area contributed by atoms with Gasteiger partial charge in [0.15, 0.2) is 0 Å². The van der Waals surface area contributed by atoms with E-state index in [4.69, 9.17) is 9.47 Å². The maximum atomic E-state index is 13.4. The maximum Gasteiger partial charge on any atom is 0.328 e. The van der Waals surface area contributed by atoms with Gasteiger partial charge in [-0.1, -0.05) is 96.4 Å². The molecule has 0 fully saturated rings. The molecular formula is C31H51NO4. The minimum absolute atomic E-state index is 0.183. The summed E-state index contributed by atoms with van der Waals surface area (Å²) in [5, 5.41) is 2.96. The lowest BCUT2D eigenvalue weighted by Crippen LogP contribution is -2.52. The van der Waals surface area contributed by atoms with Crippen molar-refractivity contribution in [3.05, 3.63) is 41.5 Å². The topological polar surface area (TPSA) is 64.6 Å². The number of hydrogen-bond donors (Lipinski definition) is 1. The zero-order valence-electron chi connectivity index (χ0n) is 24.2. The number of benzene rings is 1. The third-order valence-electron chi connectivity index (χ3n) is 7.03. The van der Waals surface area contributed by atoms with E-state index in [0.29, 0.717) is 13.0 Å². The fourth-order valence-electron chi connectivity index (χ4n) is 4.23. The largest absolute Gasteiger partial charge is 0.494 e. The summed E-state index contributed by atoms with van der Waals surface area (Å²) in [5.74, 6) is 0.188. The van der Waals surface area contributed by atoms with E-state index in [0.717, 1.165) is 23.3 Å². The number of amides is 1. The number of rotatable bonds is 16. The molecule has 1 N–H and O–H groups in total. The first kappa shape index (κ1) is 31.7. The van der Waals surface area contributed by atoms with Crippen molar-refractivity contribution in [3.63, 3.8) is 0 Å². The first-order valence-corrected chi connectivity index (χ1v) is 13.7. The first-order valence-electron chi connectivity index (χ1n) is 13.7. The highest BCUT2D eigenvalue weighted by Crippen LogP contribution is 2.41. The van der Waals surface area contributed by atoms with Crippen LogP contribution in [0.3, 0.4) is 0 Å². The van der Waals surface area contributed by atoms with Crippen molar-refractivity contribution in [2.24, 2.45) is 10.8 Å². The second-order valence-electron chi connectivity index (χ2n) is 11.4. The molecule has 2 unspecified atom stereocenters. The lowest BCUT2D eigenvalue weighted by molar-refractivity contribution is -0.147. The highest BCUT2D eigenvalue weighted by molar-refractivity contribution is 5.89. The summed E-state index contributed by atoms with van der Waals surface area (Å²) < 4.78 is 10.9. The van der Waals surface area contributed by atoms with Crippen molar-refractivity contribution < 1.29 is 19.1 Å². The Kier molecular flexibility index (Phi) is 13.9. The summed E-state index contributed by atoms with van der Waals surface area (Å²) in [6, 6.07) is 6.99. The molecule has 0 radical (unpaired) electrons. The Balaban J connectivity index is 2.68. The van der Waals surface area contributed by atoms with Crippen LogP contribution in [0.25, 0.3) is 0 Å². The van der Waals surface area contributed by atoms with Gasteiger partial charge < -0.3 is 14.8 Å². The van der Waals surface area contributed by atoms with Crippen LogP contribution in [0, 0.1) is 10.8 Å². The number of ether oxygens (including phenoxy) is 2. The lowest BCUT2D eigenvalue weighted by atomic mass is 9.66. The lowest BCUT2D eigenvalue weighted by Gasteiger charge is -2.39. The van der Waals surface area contributed by atoms with Gasteiger partial charge in [-0.25, -0.2) is 4.79 Å². The molecule has 1 rings (SSSR count). The Morgan fingerprint density at radius 1 is 0.917 bits per heavy atom. The predicted octanol–water partition coefficient (Wildman–Crippen LogP) is 7.43. The number of carbonyl (C=O) groups is 2. The summed E-state index contributed by atoms with van der Waals surface area (Å²) in [4.78, 5) is 25.9. The van der Waals surface area contributed by atoms with E-state index in [1.54, 1.807) is 0 Å². The van der Waals surface area contributed by atoms with Gasteiger partial charge in [-0.05, 0) is 50.3 Å². The SMILES string of the molecule is CCCCCCCCCCOc1ccc(CC(NC(=O)C(C)(C=C(C)C)C(C)(C)C)C(=O)OC)cc1. The van der Waals surface area contributed by atoms with Crippen LogP contribution in [0.2, 0.25) is 0 Å². The van der Waals surface area contributed by atoms with Gasteiger partial charge in [-0.3, -0.25) is 4.79 Å². The number of esters is 1. The van der Waals surface area contributed by atoms with Gasteiger partial charge in [-0.15, -0.1) is 0 Å². The monoisotopic (exact) mass is 501 g/mol. The number of methoxy groups -OCH3 is 1. The van der Waals surface area contributed by atoms with Crippen LogP contribution in [0.4, 0.5) is 0 Å². The Labute approximate surface area is 220 Å². The van der Waals surface area contributed by atoms with Crippen LogP contribution in [0.15, 0.2) is 35.9 Å². The summed E-state index contributed by atoms with van der Waals surface area (Å²) >= 11 is 0. The van der Waals surface area contributed by atoms with Gasteiger partial charge in [0.05, 0.1) is 19.1 Å². The molecule has 36 heavy (non-hydrogen) atoms. The second-order valence-corrected chi connectivity index (χ2v) is 11.4. The average Bonchev–Trinajstić information content (AvgIpc) is 2.81. The third kappa shape index (κ3) is 10.8. The zero-order chi connectivity index (χ0) is 27.2. The number of unbranched alkanes of at least 4 members (excludes halogenated alkanes) is 7. The van der Waals surface area contributed by atoms with Crippen molar-refractivity contribution in [2.45, 2.75) is 112 Å². The average molecular weight is 502 g/mol. The zero-order valence-corrected chi connectivity index (χ0v) is 24.2. The quantitative estimate of drug-likeness (QED) is 0.145. The molecule has 0 aliphatic rings. The van der Waals surface area contributed by atoms with E-state index in [2.05, 4.69) is 12.2 Å². The van der Waals surface area contributed by atoms with Crippen molar-refractivity contribution >= 4 is 11.9 Å². The van der Waals surface area contributed by atoms with Gasteiger partial charge in [0, 0.05) is 6.42 Å². The van der Waals surface area contributed by atoms with Crippen molar-refractivity contribution in [1.29, 1.82) is 0 Å². The first-order chi connectivity index (χ1) is 16.9. The smallest absolute Gasteiger partial charge is 0.328 e. The van der Waals surface area contributed by atoms with Crippen LogP contribution < -0.4 is 10.1 Å². The van der Waals surface area contributed by atoms with Crippen molar-refractivity contribution in [1.82, 2.24) is 5.32 Å². The fourth-order valence-corrected chi connectivity index (χ4v) is 4.23. The molecule has 5 heteroatoms. The van der Waals surface area contributed by atoms with Gasteiger partial charge in [0.25, 0.3) is 0 Å². The van der Waals surface area contributed by atoms with E-state index >= 15 is 0 Å². The molecular weight excluding hydrogens is 450 g/mol. The number of nitrogens with one attached hydrogen (secondary N) is 1. The number of carbonyl (C=O) groups excluding carboxylic acids is 2. The van der Waals surface area contributed by atoms with E-state index in [-0.39, 0.29) is 11.3 Å². The minimum Gasteiger partial charge on any atom is -0.494 e. The molecule has 2 atom stereocenters. The molecule has 0 aromatic heterocycles. The van der Waals surface area contributed by atoms with Crippen LogP contribution in [-0.4, -0.2) is 31.6 Å².